The van der Waals surface area contributed by atoms with E-state index in [1.807, 2.05) is 0 Å². The maximum Gasteiger partial charge on any atom is 0.101 e. The van der Waals surface area contributed by atoms with Gasteiger partial charge in [0.25, 0.3) is 0 Å². The van der Waals surface area contributed by atoms with Crippen molar-refractivity contribution in [2.24, 2.45) is 5.73 Å². The molecule has 0 bridgehead atoms. The van der Waals surface area contributed by atoms with E-state index in [1.165, 1.54) is 0 Å². The molecule has 0 aliphatic heterocycles. The molecule has 0 rings (SSSR count). The van der Waals surface area contributed by atoms with Gasteiger partial charge in [0.15, 0.2) is 0 Å². The molecule has 5 heteroatoms. The summed E-state index contributed by atoms with van der Waals surface area (Å²) >= 11 is 0. The second-order valence-electron chi connectivity index (χ2n) is 5.32. The predicted octanol–water partition coefficient (Wildman–Crippen LogP) is 1.38. The number of rotatable bonds is 11. The van der Waals surface area contributed by atoms with Gasteiger partial charge >= 0.3 is 0 Å². The lowest BCUT2D eigenvalue weighted by Gasteiger charge is -2.28. The monoisotopic (exact) mass is 271 g/mol. The first kappa shape index (κ1) is 18.3. The van der Waals surface area contributed by atoms with Gasteiger partial charge in [0.1, 0.15) is 5.54 Å². The summed E-state index contributed by atoms with van der Waals surface area (Å²) < 4.78 is 10.3. The molecule has 2 unspecified atom stereocenters. The summed E-state index contributed by atoms with van der Waals surface area (Å²) in [5.41, 5.74) is 5.11. The molecule has 0 heterocycles. The summed E-state index contributed by atoms with van der Waals surface area (Å²) in [6.07, 6.45) is 2.73. The highest BCUT2D eigenvalue weighted by Gasteiger charge is 2.17. The van der Waals surface area contributed by atoms with Gasteiger partial charge in [-0.05, 0) is 39.7 Å². The van der Waals surface area contributed by atoms with Crippen LogP contribution in [0.3, 0.4) is 0 Å². The Morgan fingerprint density at radius 3 is 2.47 bits per heavy atom. The van der Waals surface area contributed by atoms with E-state index >= 15 is 0 Å². The maximum absolute atomic E-state index is 8.86. The van der Waals surface area contributed by atoms with Gasteiger partial charge in [-0.15, -0.1) is 0 Å². The Bertz CT molecular complexity index is 264. The van der Waals surface area contributed by atoms with Gasteiger partial charge in [0.2, 0.25) is 0 Å². The van der Waals surface area contributed by atoms with Gasteiger partial charge in [-0.1, -0.05) is 0 Å². The second kappa shape index (κ2) is 10.2. The lowest BCUT2D eigenvalue weighted by atomic mass is 9.98. The zero-order valence-corrected chi connectivity index (χ0v) is 12.8. The molecule has 0 radical (unpaired) electrons. The summed E-state index contributed by atoms with van der Waals surface area (Å²) in [5.74, 6) is 0. The minimum Gasteiger partial charge on any atom is -0.383 e. The van der Waals surface area contributed by atoms with Crippen LogP contribution in [0.4, 0.5) is 0 Å². The van der Waals surface area contributed by atoms with Crippen LogP contribution in [0.25, 0.3) is 0 Å². The van der Waals surface area contributed by atoms with Crippen LogP contribution in [0.2, 0.25) is 0 Å². The van der Waals surface area contributed by atoms with E-state index in [1.54, 1.807) is 21.1 Å². The van der Waals surface area contributed by atoms with Crippen LogP contribution in [0.5, 0.6) is 0 Å². The summed E-state index contributed by atoms with van der Waals surface area (Å²) in [7, 11) is 3.43. The smallest absolute Gasteiger partial charge is 0.101 e. The molecule has 2 atom stereocenters. The molecular weight excluding hydrogens is 242 g/mol. The quantitative estimate of drug-likeness (QED) is 0.575. The lowest BCUT2D eigenvalue weighted by Crippen LogP contribution is -2.39. The highest BCUT2D eigenvalue weighted by Crippen LogP contribution is 2.11. The van der Waals surface area contributed by atoms with Crippen molar-refractivity contribution >= 4 is 0 Å². The highest BCUT2D eigenvalue weighted by atomic mass is 16.5. The average Bonchev–Trinajstić information content (AvgIpc) is 2.38. The van der Waals surface area contributed by atoms with E-state index in [2.05, 4.69) is 17.9 Å². The van der Waals surface area contributed by atoms with Crippen molar-refractivity contribution in [2.45, 2.75) is 44.7 Å². The topological polar surface area (TPSA) is 71.5 Å². The molecule has 0 aliphatic carbocycles. The van der Waals surface area contributed by atoms with E-state index in [0.717, 1.165) is 45.6 Å². The Kier molecular flexibility index (Phi) is 9.80. The third-order valence-corrected chi connectivity index (χ3v) is 3.26. The number of nitrogens with two attached hydrogens (primary N) is 1. The van der Waals surface area contributed by atoms with Crippen LogP contribution in [0.1, 0.15) is 33.1 Å². The molecule has 2 N–H and O–H groups in total. The SMILES string of the molecule is COCCN(CCCCC(C)(N)C#N)C(C)COC. The summed E-state index contributed by atoms with van der Waals surface area (Å²) in [5, 5.41) is 8.86. The van der Waals surface area contributed by atoms with Crippen molar-refractivity contribution in [3.63, 3.8) is 0 Å². The second-order valence-corrected chi connectivity index (χ2v) is 5.32. The van der Waals surface area contributed by atoms with Crippen molar-refractivity contribution in [1.82, 2.24) is 4.90 Å². The number of hydrogen-bond acceptors (Lipinski definition) is 5. The molecule has 19 heavy (non-hydrogen) atoms. The van der Waals surface area contributed by atoms with Crippen LogP contribution < -0.4 is 5.73 Å². The van der Waals surface area contributed by atoms with Gasteiger partial charge in [-0.2, -0.15) is 5.26 Å². The fourth-order valence-electron chi connectivity index (χ4n) is 1.97. The average molecular weight is 271 g/mol. The van der Waals surface area contributed by atoms with Crippen molar-refractivity contribution in [3.8, 4) is 6.07 Å². The number of nitriles is 1. The van der Waals surface area contributed by atoms with Gasteiger partial charge in [0, 0.05) is 26.8 Å². The number of methoxy groups -OCH3 is 2. The van der Waals surface area contributed by atoms with Crippen LogP contribution >= 0.6 is 0 Å². The first-order chi connectivity index (χ1) is 8.96. The molecule has 0 aliphatic rings. The molecule has 0 spiro atoms. The molecule has 0 aromatic heterocycles. The largest absolute Gasteiger partial charge is 0.383 e. The number of hydrogen-bond donors (Lipinski definition) is 1. The summed E-state index contributed by atoms with van der Waals surface area (Å²) in [4.78, 5) is 2.35. The van der Waals surface area contributed by atoms with Crippen molar-refractivity contribution < 1.29 is 9.47 Å². The zero-order valence-electron chi connectivity index (χ0n) is 12.8. The molecule has 0 aromatic carbocycles. The zero-order chi connectivity index (χ0) is 14.7. The van der Waals surface area contributed by atoms with Gasteiger partial charge in [0.05, 0.1) is 19.3 Å². The van der Waals surface area contributed by atoms with E-state index < -0.39 is 5.54 Å². The van der Waals surface area contributed by atoms with Crippen LogP contribution in [0.15, 0.2) is 0 Å². The molecule has 112 valence electrons. The van der Waals surface area contributed by atoms with Crippen molar-refractivity contribution in [3.05, 3.63) is 0 Å². The highest BCUT2D eigenvalue weighted by molar-refractivity contribution is 5.00. The predicted molar refractivity (Wildman–Crippen MR) is 76.8 cm³/mol. The van der Waals surface area contributed by atoms with Crippen LogP contribution in [-0.4, -0.2) is 57.0 Å². The number of unbranched alkanes of at least 4 members (excludes halogenated alkanes) is 1. The first-order valence-corrected chi connectivity index (χ1v) is 6.89. The van der Waals surface area contributed by atoms with E-state index in [4.69, 9.17) is 20.5 Å². The molecule has 5 nitrogen and oxygen atoms in total. The molecule has 0 fully saturated rings. The summed E-state index contributed by atoms with van der Waals surface area (Å²) in [6, 6.07) is 2.51. The van der Waals surface area contributed by atoms with E-state index in [9.17, 15) is 0 Å². The molecular formula is C14H29N3O2. The Morgan fingerprint density at radius 2 is 1.95 bits per heavy atom. The Morgan fingerprint density at radius 1 is 1.26 bits per heavy atom. The van der Waals surface area contributed by atoms with Crippen molar-refractivity contribution in [2.75, 3.05) is 40.5 Å². The van der Waals surface area contributed by atoms with E-state index in [0.29, 0.717) is 6.04 Å². The Balaban J connectivity index is 4.02. The third-order valence-electron chi connectivity index (χ3n) is 3.26. The normalized spacial score (nSPS) is 16.1. The summed E-state index contributed by atoms with van der Waals surface area (Å²) in [6.45, 7) is 7.26. The van der Waals surface area contributed by atoms with Gasteiger partial charge < -0.3 is 15.2 Å². The van der Waals surface area contributed by atoms with Crippen LogP contribution in [-0.2, 0) is 9.47 Å². The fourth-order valence-corrected chi connectivity index (χ4v) is 1.97. The molecule has 0 aromatic rings. The Hall–Kier alpha value is -0.670. The number of ether oxygens (including phenoxy) is 2. The third kappa shape index (κ3) is 8.95. The van der Waals surface area contributed by atoms with Crippen LogP contribution in [0, 0.1) is 11.3 Å². The van der Waals surface area contributed by atoms with Gasteiger partial charge in [-0.3, -0.25) is 4.90 Å². The van der Waals surface area contributed by atoms with Crippen molar-refractivity contribution in [1.29, 1.82) is 5.26 Å². The minimum atomic E-state index is -0.699. The van der Waals surface area contributed by atoms with E-state index in [-0.39, 0.29) is 0 Å². The Labute approximate surface area is 117 Å². The molecule has 0 saturated carbocycles. The molecule has 0 saturated heterocycles. The lowest BCUT2D eigenvalue weighted by molar-refractivity contribution is 0.0738. The van der Waals surface area contributed by atoms with Gasteiger partial charge in [-0.25, -0.2) is 0 Å². The fraction of sp³-hybridized carbons (Fsp3) is 0.929. The minimum absolute atomic E-state index is 0.375. The first-order valence-electron chi connectivity index (χ1n) is 6.89. The molecule has 0 amide bonds. The standard InChI is InChI=1S/C14H29N3O2/c1-13(11-19-4)17(9-10-18-3)8-6-5-7-14(2,16)12-15/h13H,5-11,16H2,1-4H3. The number of nitrogens with zero attached hydrogens (tertiary/aromatic N) is 2. The maximum atomic E-state index is 8.86.